The van der Waals surface area contributed by atoms with E-state index in [2.05, 4.69) is 0 Å². The Hall–Kier alpha value is -1.32. The van der Waals surface area contributed by atoms with Crippen molar-refractivity contribution in [3.63, 3.8) is 0 Å². The maximum atomic E-state index is 8.97. The molecule has 0 amide bonds. The van der Waals surface area contributed by atoms with Crippen LogP contribution in [0.15, 0.2) is 48.0 Å². The average Bonchev–Trinajstić information content (AvgIpc) is 2.26. The lowest BCUT2D eigenvalue weighted by molar-refractivity contribution is 0.419. The Balaban J connectivity index is 2.98. The lowest BCUT2D eigenvalue weighted by Crippen LogP contribution is -2.12. The molecule has 15 heavy (non-hydrogen) atoms. The van der Waals surface area contributed by atoms with E-state index in [0.717, 1.165) is 11.1 Å². The van der Waals surface area contributed by atoms with Gasteiger partial charge in [-0.3, -0.25) is 0 Å². The minimum absolute atomic E-state index is 0.534. The molecule has 0 bridgehead atoms. The Kier molecular flexibility index (Phi) is 4.34. The number of benzene rings is 1. The Morgan fingerprint density at radius 1 is 1.20 bits per heavy atom. The van der Waals surface area contributed by atoms with E-state index in [0.29, 0.717) is 5.47 Å². The third-order valence-corrected chi connectivity index (χ3v) is 2.21. The highest BCUT2D eigenvalue weighted by Gasteiger charge is 2.09. The summed E-state index contributed by atoms with van der Waals surface area (Å²) in [6.07, 6.45) is 3.72. The van der Waals surface area contributed by atoms with Gasteiger partial charge >= 0.3 is 7.12 Å². The van der Waals surface area contributed by atoms with Crippen molar-refractivity contribution in [2.75, 3.05) is 0 Å². The van der Waals surface area contributed by atoms with E-state index in [-0.39, 0.29) is 0 Å². The Morgan fingerprint density at radius 3 is 2.27 bits per heavy atom. The summed E-state index contributed by atoms with van der Waals surface area (Å²) in [5.74, 6) is 0. The molecule has 0 heterocycles. The minimum Gasteiger partial charge on any atom is -0.423 e. The number of allylic oxidation sites excluding steroid dienone is 4. The molecule has 0 unspecified atom stereocenters. The first kappa shape index (κ1) is 11.8. The van der Waals surface area contributed by atoms with Crippen molar-refractivity contribution in [2.24, 2.45) is 0 Å². The molecule has 0 aliphatic heterocycles. The van der Waals surface area contributed by atoms with Crippen LogP contribution in [0, 0.1) is 0 Å². The first-order valence-electron chi connectivity index (χ1n) is 4.91. The van der Waals surface area contributed by atoms with Crippen LogP contribution in [0.4, 0.5) is 0 Å². The Bertz CT molecular complexity index is 366. The van der Waals surface area contributed by atoms with Crippen molar-refractivity contribution < 1.29 is 10.0 Å². The molecule has 1 aromatic carbocycles. The third kappa shape index (κ3) is 3.38. The van der Waals surface area contributed by atoms with Crippen LogP contribution in [0.2, 0.25) is 0 Å². The maximum absolute atomic E-state index is 8.97. The fourth-order valence-corrected chi connectivity index (χ4v) is 1.28. The molecule has 0 saturated heterocycles. The largest absolute Gasteiger partial charge is 0.483 e. The molecule has 0 aliphatic rings. The second-order valence-electron chi connectivity index (χ2n) is 3.37. The zero-order valence-electron chi connectivity index (χ0n) is 9.01. The fraction of sp³-hybridized carbons (Fsp3) is 0.167. The van der Waals surface area contributed by atoms with Crippen molar-refractivity contribution in [1.82, 2.24) is 0 Å². The van der Waals surface area contributed by atoms with Gasteiger partial charge in [-0.15, -0.1) is 0 Å². The van der Waals surface area contributed by atoms with Crippen molar-refractivity contribution in [1.29, 1.82) is 0 Å². The van der Waals surface area contributed by atoms with Crippen molar-refractivity contribution in [2.45, 2.75) is 13.8 Å². The summed E-state index contributed by atoms with van der Waals surface area (Å²) < 4.78 is 0. The van der Waals surface area contributed by atoms with Crippen LogP contribution in [0.25, 0.3) is 5.57 Å². The molecule has 0 aromatic heterocycles. The Morgan fingerprint density at radius 2 is 1.80 bits per heavy atom. The van der Waals surface area contributed by atoms with Gasteiger partial charge in [0.1, 0.15) is 0 Å². The zero-order chi connectivity index (χ0) is 11.3. The molecular formula is C12H15BO2. The van der Waals surface area contributed by atoms with E-state index in [1.807, 2.05) is 43.3 Å². The first-order chi connectivity index (χ1) is 7.15. The van der Waals surface area contributed by atoms with Gasteiger partial charge in [-0.2, -0.15) is 0 Å². The van der Waals surface area contributed by atoms with Crippen LogP contribution in [0.3, 0.4) is 0 Å². The standard InChI is InChI=1S/C12H15BO2/c1-3-11(9-10(2)13(14)15)12-7-5-4-6-8-12/h3-9,14-15H,1-2H3/b10-9+,11-3+. The monoisotopic (exact) mass is 202 g/mol. The molecule has 0 aliphatic carbocycles. The highest BCUT2D eigenvalue weighted by Crippen LogP contribution is 2.17. The predicted octanol–water partition coefficient (Wildman–Crippen LogP) is 2.05. The second-order valence-corrected chi connectivity index (χ2v) is 3.37. The van der Waals surface area contributed by atoms with Gasteiger partial charge in [0.15, 0.2) is 0 Å². The maximum Gasteiger partial charge on any atom is 0.483 e. The van der Waals surface area contributed by atoms with Crippen LogP contribution in [0.5, 0.6) is 0 Å². The van der Waals surface area contributed by atoms with Crippen LogP contribution >= 0.6 is 0 Å². The number of hydrogen-bond donors (Lipinski definition) is 2. The van der Waals surface area contributed by atoms with E-state index in [1.54, 1.807) is 13.0 Å². The van der Waals surface area contributed by atoms with E-state index in [4.69, 9.17) is 10.0 Å². The molecule has 0 radical (unpaired) electrons. The molecule has 1 aromatic rings. The number of hydrogen-bond acceptors (Lipinski definition) is 2. The van der Waals surface area contributed by atoms with Crippen molar-refractivity contribution in [3.8, 4) is 0 Å². The summed E-state index contributed by atoms with van der Waals surface area (Å²) in [4.78, 5) is 0. The average molecular weight is 202 g/mol. The van der Waals surface area contributed by atoms with Crippen molar-refractivity contribution in [3.05, 3.63) is 53.5 Å². The summed E-state index contributed by atoms with van der Waals surface area (Å²) in [7, 11) is -1.39. The minimum atomic E-state index is -1.39. The summed E-state index contributed by atoms with van der Waals surface area (Å²) in [6, 6.07) is 9.84. The van der Waals surface area contributed by atoms with E-state index < -0.39 is 7.12 Å². The normalized spacial score (nSPS) is 12.8. The molecule has 1 rings (SSSR count). The summed E-state index contributed by atoms with van der Waals surface area (Å²) in [5, 5.41) is 17.9. The van der Waals surface area contributed by atoms with Gasteiger partial charge in [0, 0.05) is 0 Å². The lowest BCUT2D eigenvalue weighted by atomic mass is 9.79. The summed E-state index contributed by atoms with van der Waals surface area (Å²) in [6.45, 7) is 3.62. The highest BCUT2D eigenvalue weighted by molar-refractivity contribution is 6.50. The van der Waals surface area contributed by atoms with E-state index in [9.17, 15) is 0 Å². The Labute approximate surface area is 90.7 Å². The third-order valence-electron chi connectivity index (χ3n) is 2.21. The van der Waals surface area contributed by atoms with Crippen molar-refractivity contribution >= 4 is 12.7 Å². The van der Waals surface area contributed by atoms with Crippen LogP contribution in [-0.2, 0) is 0 Å². The number of rotatable bonds is 3. The molecule has 2 N–H and O–H groups in total. The van der Waals surface area contributed by atoms with Gasteiger partial charge < -0.3 is 10.0 Å². The van der Waals surface area contributed by atoms with Gasteiger partial charge in [-0.1, -0.05) is 42.5 Å². The predicted molar refractivity (Wildman–Crippen MR) is 64.0 cm³/mol. The van der Waals surface area contributed by atoms with Crippen LogP contribution < -0.4 is 0 Å². The molecular weight excluding hydrogens is 187 g/mol. The molecule has 2 nitrogen and oxygen atoms in total. The molecule has 3 heteroatoms. The fourth-order valence-electron chi connectivity index (χ4n) is 1.28. The molecule has 0 fully saturated rings. The summed E-state index contributed by atoms with van der Waals surface area (Å²) >= 11 is 0. The van der Waals surface area contributed by atoms with Gasteiger partial charge in [0.2, 0.25) is 0 Å². The smallest absolute Gasteiger partial charge is 0.423 e. The molecule has 0 saturated carbocycles. The lowest BCUT2D eigenvalue weighted by Gasteiger charge is -2.04. The van der Waals surface area contributed by atoms with Gasteiger partial charge in [0.25, 0.3) is 0 Å². The first-order valence-corrected chi connectivity index (χ1v) is 4.91. The van der Waals surface area contributed by atoms with Gasteiger partial charge in [-0.05, 0) is 30.5 Å². The topological polar surface area (TPSA) is 40.5 Å². The SMILES string of the molecule is C/C=C(\C=C(/C)B(O)O)c1ccccc1. The zero-order valence-corrected chi connectivity index (χ0v) is 9.01. The molecule has 0 atom stereocenters. The van der Waals surface area contributed by atoms with Gasteiger partial charge in [0.05, 0.1) is 0 Å². The van der Waals surface area contributed by atoms with Gasteiger partial charge in [-0.25, -0.2) is 0 Å². The second kappa shape index (κ2) is 5.54. The van der Waals surface area contributed by atoms with Crippen LogP contribution in [-0.4, -0.2) is 17.2 Å². The molecule has 78 valence electrons. The van der Waals surface area contributed by atoms with E-state index >= 15 is 0 Å². The molecule has 0 spiro atoms. The van der Waals surface area contributed by atoms with Crippen LogP contribution in [0.1, 0.15) is 19.4 Å². The summed E-state index contributed by atoms with van der Waals surface area (Å²) in [5.41, 5.74) is 2.59. The van der Waals surface area contributed by atoms with E-state index in [1.165, 1.54) is 0 Å². The quantitative estimate of drug-likeness (QED) is 0.581. The highest BCUT2D eigenvalue weighted by atomic mass is 16.4.